The molecule has 2 aliphatic rings. The molecular weight excluding hydrogens is 354 g/mol. The number of nitrogens with zero attached hydrogens (tertiary/aromatic N) is 3. The first-order valence-corrected chi connectivity index (χ1v) is 9.61. The lowest BCUT2D eigenvalue weighted by atomic mass is 10.1. The molecule has 1 atom stereocenters. The Morgan fingerprint density at radius 3 is 2.75 bits per heavy atom. The van der Waals surface area contributed by atoms with Crippen LogP contribution in [0.2, 0.25) is 0 Å². The minimum Gasteiger partial charge on any atom is -0.497 e. The van der Waals surface area contributed by atoms with E-state index in [9.17, 15) is 4.79 Å². The molecule has 3 aromatic rings. The standard InChI is InChI=1S/C22H21N3O3/c1-27-19-9-6-15(7-10-19)21-23-22(28-24-21)17-12-20(26)25(13-17)18-8-5-14-3-2-4-16(14)11-18/h5-11,17H,2-4,12-13H2,1H3. The van der Waals surface area contributed by atoms with Gasteiger partial charge in [-0.1, -0.05) is 11.2 Å². The first-order chi connectivity index (χ1) is 13.7. The van der Waals surface area contributed by atoms with Crippen molar-refractivity contribution in [2.45, 2.75) is 31.6 Å². The van der Waals surface area contributed by atoms with Crippen molar-refractivity contribution in [3.63, 3.8) is 0 Å². The van der Waals surface area contributed by atoms with E-state index in [1.54, 1.807) is 7.11 Å². The van der Waals surface area contributed by atoms with Crippen LogP contribution in [0.25, 0.3) is 11.4 Å². The highest BCUT2D eigenvalue weighted by Gasteiger charge is 2.35. The third-order valence-electron chi connectivity index (χ3n) is 5.66. The molecule has 142 valence electrons. The zero-order valence-electron chi connectivity index (χ0n) is 15.7. The number of hydrogen-bond donors (Lipinski definition) is 0. The number of methoxy groups -OCH3 is 1. The highest BCUT2D eigenvalue weighted by Crippen LogP contribution is 2.34. The number of amides is 1. The number of ether oxygens (including phenoxy) is 1. The molecule has 5 rings (SSSR count). The predicted molar refractivity (Wildman–Crippen MR) is 104 cm³/mol. The molecule has 0 N–H and O–H groups in total. The SMILES string of the molecule is COc1ccc(-c2noc(C3CC(=O)N(c4ccc5c(c4)CCC5)C3)n2)cc1. The lowest BCUT2D eigenvalue weighted by molar-refractivity contribution is -0.117. The van der Waals surface area contributed by atoms with Gasteiger partial charge < -0.3 is 14.2 Å². The van der Waals surface area contributed by atoms with Crippen LogP contribution in [-0.2, 0) is 17.6 Å². The van der Waals surface area contributed by atoms with E-state index in [2.05, 4.69) is 28.3 Å². The third-order valence-corrected chi connectivity index (χ3v) is 5.66. The average molecular weight is 375 g/mol. The van der Waals surface area contributed by atoms with Crippen LogP contribution < -0.4 is 9.64 Å². The van der Waals surface area contributed by atoms with Crippen LogP contribution >= 0.6 is 0 Å². The molecule has 1 saturated heterocycles. The Morgan fingerprint density at radius 1 is 1.11 bits per heavy atom. The summed E-state index contributed by atoms with van der Waals surface area (Å²) in [5, 5.41) is 4.10. The number of aromatic nitrogens is 2. The highest BCUT2D eigenvalue weighted by atomic mass is 16.5. The van der Waals surface area contributed by atoms with E-state index in [0.29, 0.717) is 24.7 Å². The first-order valence-electron chi connectivity index (χ1n) is 9.61. The number of benzene rings is 2. The van der Waals surface area contributed by atoms with E-state index in [4.69, 9.17) is 9.26 Å². The van der Waals surface area contributed by atoms with E-state index in [1.165, 1.54) is 17.5 Å². The summed E-state index contributed by atoms with van der Waals surface area (Å²) in [7, 11) is 1.63. The molecule has 1 amide bonds. The fraction of sp³-hybridized carbons (Fsp3) is 0.318. The molecule has 0 bridgehead atoms. The fourth-order valence-electron chi connectivity index (χ4n) is 4.11. The molecule has 6 heteroatoms. The maximum atomic E-state index is 12.6. The minimum absolute atomic E-state index is 0.0831. The van der Waals surface area contributed by atoms with Crippen molar-refractivity contribution in [1.29, 1.82) is 0 Å². The molecule has 0 saturated carbocycles. The summed E-state index contributed by atoms with van der Waals surface area (Å²) in [6.07, 6.45) is 3.83. The van der Waals surface area contributed by atoms with Crippen molar-refractivity contribution >= 4 is 11.6 Å². The summed E-state index contributed by atoms with van der Waals surface area (Å²) in [5.41, 5.74) is 4.61. The summed E-state index contributed by atoms with van der Waals surface area (Å²) in [4.78, 5) is 19.0. The quantitative estimate of drug-likeness (QED) is 0.695. The second kappa shape index (κ2) is 6.78. The monoisotopic (exact) mass is 375 g/mol. The van der Waals surface area contributed by atoms with Crippen molar-refractivity contribution in [1.82, 2.24) is 10.1 Å². The second-order valence-corrected chi connectivity index (χ2v) is 7.40. The number of hydrogen-bond acceptors (Lipinski definition) is 5. The maximum absolute atomic E-state index is 12.6. The summed E-state index contributed by atoms with van der Waals surface area (Å²) < 4.78 is 10.7. The molecule has 2 aromatic carbocycles. The topological polar surface area (TPSA) is 68.5 Å². The fourth-order valence-corrected chi connectivity index (χ4v) is 4.11. The van der Waals surface area contributed by atoms with Gasteiger partial charge in [-0.2, -0.15) is 4.98 Å². The number of anilines is 1. The Hall–Kier alpha value is -3.15. The van der Waals surface area contributed by atoms with Crippen LogP contribution in [-0.4, -0.2) is 29.7 Å². The zero-order valence-corrected chi connectivity index (χ0v) is 15.7. The van der Waals surface area contributed by atoms with Gasteiger partial charge in [0.2, 0.25) is 17.6 Å². The van der Waals surface area contributed by atoms with Crippen molar-refractivity contribution < 1.29 is 14.1 Å². The molecule has 0 radical (unpaired) electrons. The number of carbonyl (C=O) groups excluding carboxylic acids is 1. The van der Waals surface area contributed by atoms with E-state index in [0.717, 1.165) is 29.8 Å². The first kappa shape index (κ1) is 17.0. The van der Waals surface area contributed by atoms with Gasteiger partial charge in [-0.3, -0.25) is 4.79 Å². The van der Waals surface area contributed by atoms with Gasteiger partial charge >= 0.3 is 0 Å². The molecule has 1 fully saturated rings. The highest BCUT2D eigenvalue weighted by molar-refractivity contribution is 5.96. The lowest BCUT2D eigenvalue weighted by Gasteiger charge is -2.17. The smallest absolute Gasteiger partial charge is 0.232 e. The van der Waals surface area contributed by atoms with Crippen LogP contribution in [0, 0.1) is 0 Å². The molecule has 0 spiro atoms. The van der Waals surface area contributed by atoms with Gasteiger partial charge in [0.15, 0.2) is 0 Å². The van der Waals surface area contributed by atoms with E-state index in [-0.39, 0.29) is 11.8 Å². The van der Waals surface area contributed by atoms with Gasteiger partial charge in [0.1, 0.15) is 5.75 Å². The van der Waals surface area contributed by atoms with Gasteiger partial charge in [0.25, 0.3) is 0 Å². The van der Waals surface area contributed by atoms with Gasteiger partial charge in [0.05, 0.1) is 13.0 Å². The molecule has 6 nitrogen and oxygen atoms in total. The summed E-state index contributed by atoms with van der Waals surface area (Å²) in [5.74, 6) is 1.84. The largest absolute Gasteiger partial charge is 0.497 e. The Bertz CT molecular complexity index is 1030. The molecular formula is C22H21N3O3. The lowest BCUT2D eigenvalue weighted by Crippen LogP contribution is -2.24. The Labute approximate surface area is 163 Å². The molecule has 1 unspecified atom stereocenters. The summed E-state index contributed by atoms with van der Waals surface area (Å²) in [6.45, 7) is 0.571. The van der Waals surface area contributed by atoms with Gasteiger partial charge in [-0.05, 0) is 66.8 Å². The number of fused-ring (bicyclic) bond motifs is 1. The van der Waals surface area contributed by atoms with Gasteiger partial charge in [-0.15, -0.1) is 0 Å². The van der Waals surface area contributed by atoms with Crippen molar-refractivity contribution in [3.8, 4) is 17.1 Å². The molecule has 1 aliphatic carbocycles. The molecule has 28 heavy (non-hydrogen) atoms. The van der Waals surface area contributed by atoms with Gasteiger partial charge in [0, 0.05) is 24.2 Å². The number of aryl methyl sites for hydroxylation is 2. The van der Waals surface area contributed by atoms with Crippen LogP contribution in [0.15, 0.2) is 47.0 Å². The third kappa shape index (κ3) is 2.95. The minimum atomic E-state index is -0.0831. The summed E-state index contributed by atoms with van der Waals surface area (Å²) in [6, 6.07) is 13.9. The van der Waals surface area contributed by atoms with E-state index in [1.807, 2.05) is 29.2 Å². The van der Waals surface area contributed by atoms with E-state index >= 15 is 0 Å². The van der Waals surface area contributed by atoms with Crippen LogP contribution in [0.4, 0.5) is 5.69 Å². The van der Waals surface area contributed by atoms with Crippen molar-refractivity contribution in [3.05, 3.63) is 59.5 Å². The number of carbonyl (C=O) groups is 1. The predicted octanol–water partition coefficient (Wildman–Crippen LogP) is 3.75. The Balaban J connectivity index is 1.35. The molecule has 1 aliphatic heterocycles. The normalized spacial score (nSPS) is 18.5. The Kier molecular flexibility index (Phi) is 4.11. The zero-order chi connectivity index (χ0) is 19.1. The van der Waals surface area contributed by atoms with Crippen LogP contribution in [0.3, 0.4) is 0 Å². The second-order valence-electron chi connectivity index (χ2n) is 7.40. The molecule has 2 heterocycles. The molecule has 1 aromatic heterocycles. The summed E-state index contributed by atoms with van der Waals surface area (Å²) >= 11 is 0. The number of rotatable bonds is 4. The van der Waals surface area contributed by atoms with Gasteiger partial charge in [-0.25, -0.2) is 0 Å². The van der Waals surface area contributed by atoms with Crippen LogP contribution in [0.1, 0.15) is 35.8 Å². The van der Waals surface area contributed by atoms with E-state index < -0.39 is 0 Å². The van der Waals surface area contributed by atoms with Crippen molar-refractivity contribution in [2.75, 3.05) is 18.6 Å². The van der Waals surface area contributed by atoms with Crippen LogP contribution in [0.5, 0.6) is 5.75 Å². The van der Waals surface area contributed by atoms with Crippen molar-refractivity contribution in [2.24, 2.45) is 0 Å². The maximum Gasteiger partial charge on any atom is 0.232 e. The average Bonchev–Trinajstić information content (AvgIpc) is 3.46. The Morgan fingerprint density at radius 2 is 1.93 bits per heavy atom.